The van der Waals surface area contributed by atoms with Gasteiger partial charge < -0.3 is 5.32 Å². The van der Waals surface area contributed by atoms with Crippen molar-refractivity contribution in [3.05, 3.63) is 82.9 Å². The minimum Gasteiger partial charge on any atom is -0.344 e. The molecule has 1 N–H and O–H groups in total. The molecule has 1 fully saturated rings. The number of nitrogens with one attached hydrogen (secondary N) is 1. The molecule has 0 aromatic heterocycles. The van der Waals surface area contributed by atoms with Gasteiger partial charge in [-0.1, -0.05) is 54.1 Å². The average Bonchev–Trinajstić information content (AvgIpc) is 3.14. The van der Waals surface area contributed by atoms with Crippen LogP contribution in [-0.2, 0) is 6.18 Å². The summed E-state index contributed by atoms with van der Waals surface area (Å²) in [6.07, 6.45) is -0.705. The highest BCUT2D eigenvalue weighted by atomic mass is 35.5. The summed E-state index contributed by atoms with van der Waals surface area (Å²) < 4.78 is 39.4. The molecule has 1 amide bonds. The number of nitrogens with zero attached hydrogens (tertiary/aromatic N) is 1. The second-order valence-electron chi connectivity index (χ2n) is 7.04. The summed E-state index contributed by atoms with van der Waals surface area (Å²) in [6.45, 7) is 5.28. The van der Waals surface area contributed by atoms with Gasteiger partial charge in [-0.25, -0.2) is 0 Å². The third kappa shape index (κ3) is 5.00. The fourth-order valence-electron chi connectivity index (χ4n) is 3.66. The van der Waals surface area contributed by atoms with Crippen LogP contribution in [0.5, 0.6) is 0 Å². The zero-order valence-electron chi connectivity index (χ0n) is 15.8. The zero-order chi connectivity index (χ0) is 21.0. The van der Waals surface area contributed by atoms with E-state index in [0.717, 1.165) is 31.0 Å². The third-order valence-corrected chi connectivity index (χ3v) is 5.57. The van der Waals surface area contributed by atoms with E-state index >= 15 is 0 Å². The molecule has 1 aliphatic heterocycles. The SMILES string of the molecule is C=CC1CCCN1C[C@@H](NC(=O)c1cccc(C(F)(F)F)c1Cl)c1ccccc1. The van der Waals surface area contributed by atoms with E-state index in [1.165, 1.54) is 12.1 Å². The van der Waals surface area contributed by atoms with Crippen LogP contribution in [0.4, 0.5) is 13.2 Å². The zero-order valence-corrected chi connectivity index (χ0v) is 16.5. The molecular weight excluding hydrogens is 401 g/mol. The Labute approximate surface area is 173 Å². The maximum absolute atomic E-state index is 13.1. The molecule has 29 heavy (non-hydrogen) atoms. The van der Waals surface area contributed by atoms with Gasteiger partial charge in [0.15, 0.2) is 0 Å². The Morgan fingerprint density at radius 1 is 1.24 bits per heavy atom. The molecule has 3 rings (SSSR count). The van der Waals surface area contributed by atoms with Gasteiger partial charge in [0.1, 0.15) is 0 Å². The molecule has 1 saturated heterocycles. The highest BCUT2D eigenvalue weighted by molar-refractivity contribution is 6.34. The highest BCUT2D eigenvalue weighted by Crippen LogP contribution is 2.36. The molecule has 2 atom stereocenters. The Hall–Kier alpha value is -2.31. The molecule has 0 bridgehead atoms. The van der Waals surface area contributed by atoms with Crippen LogP contribution < -0.4 is 5.32 Å². The summed E-state index contributed by atoms with van der Waals surface area (Å²) in [4.78, 5) is 15.1. The standard InChI is InChI=1S/C22H22ClF3N2O/c1-2-16-10-7-13-28(16)14-19(15-8-4-3-5-9-15)27-21(29)17-11-6-12-18(20(17)23)22(24,25)26/h2-6,8-9,11-12,16,19H,1,7,10,13-14H2,(H,27,29)/t16?,19-/m1/s1. The van der Waals surface area contributed by atoms with Gasteiger partial charge in [-0.05, 0) is 37.1 Å². The Morgan fingerprint density at radius 2 is 1.97 bits per heavy atom. The van der Waals surface area contributed by atoms with E-state index in [0.29, 0.717) is 6.54 Å². The van der Waals surface area contributed by atoms with Crippen molar-refractivity contribution in [3.63, 3.8) is 0 Å². The van der Waals surface area contributed by atoms with Crippen LogP contribution >= 0.6 is 11.6 Å². The van der Waals surface area contributed by atoms with Crippen LogP contribution in [0.1, 0.15) is 40.4 Å². The molecule has 2 aromatic carbocycles. The predicted octanol–water partition coefficient (Wildman–Crippen LogP) is 5.48. The monoisotopic (exact) mass is 422 g/mol. The third-order valence-electron chi connectivity index (χ3n) is 5.16. The van der Waals surface area contributed by atoms with Gasteiger partial charge in [0, 0.05) is 12.6 Å². The number of alkyl halides is 3. The molecule has 1 unspecified atom stereocenters. The van der Waals surface area contributed by atoms with Crippen LogP contribution in [0.25, 0.3) is 0 Å². The molecular formula is C22H22ClF3N2O. The van der Waals surface area contributed by atoms with Crippen LogP contribution in [0.2, 0.25) is 5.02 Å². The van der Waals surface area contributed by atoms with Crippen LogP contribution in [0.3, 0.4) is 0 Å². The number of carbonyl (C=O) groups excluding carboxylic acids is 1. The van der Waals surface area contributed by atoms with Gasteiger partial charge >= 0.3 is 6.18 Å². The molecule has 1 heterocycles. The topological polar surface area (TPSA) is 32.3 Å². The Kier molecular flexibility index (Phi) is 6.65. The lowest BCUT2D eigenvalue weighted by molar-refractivity contribution is -0.137. The summed E-state index contributed by atoms with van der Waals surface area (Å²) in [5, 5.41) is 2.29. The van der Waals surface area contributed by atoms with Crippen molar-refractivity contribution in [2.24, 2.45) is 0 Å². The minimum absolute atomic E-state index is 0.191. The number of benzene rings is 2. The van der Waals surface area contributed by atoms with Crippen molar-refractivity contribution in [2.75, 3.05) is 13.1 Å². The van der Waals surface area contributed by atoms with Gasteiger partial charge in [0.05, 0.1) is 22.2 Å². The summed E-state index contributed by atoms with van der Waals surface area (Å²) in [6, 6.07) is 12.6. The summed E-state index contributed by atoms with van der Waals surface area (Å²) >= 11 is 5.93. The highest BCUT2D eigenvalue weighted by Gasteiger charge is 2.35. The Bertz CT molecular complexity index is 870. The number of hydrogen-bond donors (Lipinski definition) is 1. The molecule has 154 valence electrons. The number of carbonyl (C=O) groups is 1. The van der Waals surface area contributed by atoms with Crippen LogP contribution in [0.15, 0.2) is 61.2 Å². The first-order valence-electron chi connectivity index (χ1n) is 9.39. The van der Waals surface area contributed by atoms with E-state index in [2.05, 4.69) is 16.8 Å². The van der Waals surface area contributed by atoms with E-state index in [1.54, 1.807) is 0 Å². The van der Waals surface area contributed by atoms with Crippen molar-refractivity contribution < 1.29 is 18.0 Å². The fraction of sp³-hybridized carbons (Fsp3) is 0.318. The molecule has 0 aliphatic carbocycles. The molecule has 0 spiro atoms. The van der Waals surface area contributed by atoms with E-state index < -0.39 is 28.7 Å². The molecule has 1 aliphatic rings. The molecule has 7 heteroatoms. The Morgan fingerprint density at radius 3 is 2.62 bits per heavy atom. The number of hydrogen-bond acceptors (Lipinski definition) is 2. The van der Waals surface area contributed by atoms with Gasteiger partial charge in [0.2, 0.25) is 0 Å². The minimum atomic E-state index is -4.63. The van der Waals surface area contributed by atoms with Gasteiger partial charge in [0.25, 0.3) is 5.91 Å². The summed E-state index contributed by atoms with van der Waals surface area (Å²) in [7, 11) is 0. The maximum Gasteiger partial charge on any atom is 0.417 e. The number of rotatable bonds is 6. The quantitative estimate of drug-likeness (QED) is 0.625. The number of likely N-dealkylation sites (tertiary alicyclic amines) is 1. The van der Waals surface area contributed by atoms with Gasteiger partial charge in [-0.2, -0.15) is 13.2 Å². The molecule has 0 saturated carbocycles. The lowest BCUT2D eigenvalue weighted by Crippen LogP contribution is -2.39. The average molecular weight is 423 g/mol. The van der Waals surface area contributed by atoms with E-state index in [4.69, 9.17) is 11.6 Å². The molecule has 3 nitrogen and oxygen atoms in total. The number of halogens is 4. The maximum atomic E-state index is 13.1. The van der Waals surface area contributed by atoms with E-state index in [-0.39, 0.29) is 11.6 Å². The fourth-order valence-corrected chi connectivity index (χ4v) is 3.98. The van der Waals surface area contributed by atoms with Crippen molar-refractivity contribution in [3.8, 4) is 0 Å². The largest absolute Gasteiger partial charge is 0.417 e. The first-order chi connectivity index (χ1) is 13.8. The van der Waals surface area contributed by atoms with Crippen molar-refractivity contribution in [2.45, 2.75) is 31.1 Å². The normalized spacial score (nSPS) is 18.4. The first-order valence-corrected chi connectivity index (χ1v) is 9.77. The number of amides is 1. The second kappa shape index (κ2) is 9.01. The van der Waals surface area contributed by atoms with Crippen molar-refractivity contribution in [1.29, 1.82) is 0 Å². The van der Waals surface area contributed by atoms with Crippen molar-refractivity contribution >= 4 is 17.5 Å². The molecule has 0 radical (unpaired) electrons. The second-order valence-corrected chi connectivity index (χ2v) is 7.42. The summed E-state index contributed by atoms with van der Waals surface area (Å²) in [5.41, 5.74) is -0.336. The van der Waals surface area contributed by atoms with Gasteiger partial charge in [-0.3, -0.25) is 9.69 Å². The summed E-state index contributed by atoms with van der Waals surface area (Å²) in [5.74, 6) is -0.635. The molecule has 2 aromatic rings. The first kappa shape index (κ1) is 21.4. The lowest BCUT2D eigenvalue weighted by Gasteiger charge is -2.28. The van der Waals surface area contributed by atoms with Crippen LogP contribution in [-0.4, -0.2) is 29.9 Å². The van der Waals surface area contributed by atoms with E-state index in [9.17, 15) is 18.0 Å². The van der Waals surface area contributed by atoms with Crippen LogP contribution in [0, 0.1) is 0 Å². The lowest BCUT2D eigenvalue weighted by atomic mass is 10.0. The predicted molar refractivity (Wildman–Crippen MR) is 108 cm³/mol. The Balaban J connectivity index is 1.86. The smallest absolute Gasteiger partial charge is 0.344 e. The van der Waals surface area contributed by atoms with E-state index in [1.807, 2.05) is 36.4 Å². The van der Waals surface area contributed by atoms with Gasteiger partial charge in [-0.15, -0.1) is 6.58 Å². The van der Waals surface area contributed by atoms with Crippen molar-refractivity contribution in [1.82, 2.24) is 10.2 Å².